The molecular weight excluding hydrogens is 445 g/mol. The average Bonchev–Trinajstić information content (AvgIpc) is 2.78. The van der Waals surface area contributed by atoms with E-state index in [1.807, 2.05) is 55.1 Å². The summed E-state index contributed by atoms with van der Waals surface area (Å²) in [6.07, 6.45) is 0. The van der Waals surface area contributed by atoms with Gasteiger partial charge >= 0.3 is 0 Å². The van der Waals surface area contributed by atoms with Crippen LogP contribution in [0.25, 0.3) is 22.0 Å². The van der Waals surface area contributed by atoms with E-state index in [-0.39, 0.29) is 30.3 Å². The fourth-order valence-electron chi connectivity index (χ4n) is 4.09. The van der Waals surface area contributed by atoms with E-state index in [0.717, 1.165) is 27.8 Å². The number of hydrogen-bond donors (Lipinski definition) is 1. The molecule has 2 atom stereocenters. The summed E-state index contributed by atoms with van der Waals surface area (Å²) < 4.78 is 0. The van der Waals surface area contributed by atoms with Crippen LogP contribution in [-0.4, -0.2) is 52.7 Å². The smallest absolute Gasteiger partial charge is 0.239 e. The topological polar surface area (TPSA) is 75.4 Å². The first-order valence-electron chi connectivity index (χ1n) is 10.7. The maximum atomic E-state index is 12.7. The highest BCUT2D eigenvalue weighted by Gasteiger charge is 2.32. The number of fused-ring (bicyclic) bond motifs is 1. The molecule has 170 valence electrons. The van der Waals surface area contributed by atoms with Gasteiger partial charge in [0, 0.05) is 47.0 Å². The van der Waals surface area contributed by atoms with E-state index < -0.39 is 6.04 Å². The number of carbonyl (C=O) groups excluding carboxylic acids is 1. The Morgan fingerprint density at radius 3 is 2.34 bits per heavy atom. The van der Waals surface area contributed by atoms with Gasteiger partial charge in [-0.25, -0.2) is 0 Å². The number of amides is 1. The van der Waals surface area contributed by atoms with E-state index in [4.69, 9.17) is 17.3 Å². The number of hydrogen-bond acceptors (Lipinski definition) is 5. The van der Waals surface area contributed by atoms with E-state index in [1.54, 1.807) is 0 Å². The number of benzene rings is 2. The van der Waals surface area contributed by atoms with Gasteiger partial charge in [0.05, 0.1) is 6.04 Å². The number of anilines is 1. The van der Waals surface area contributed by atoms with Crippen molar-refractivity contribution in [1.82, 2.24) is 15.1 Å². The van der Waals surface area contributed by atoms with E-state index in [2.05, 4.69) is 34.2 Å². The highest BCUT2D eigenvalue weighted by molar-refractivity contribution is 6.30. The minimum absolute atomic E-state index is 0. The van der Waals surface area contributed by atoms with Crippen molar-refractivity contribution >= 4 is 46.5 Å². The first-order chi connectivity index (χ1) is 14.9. The second-order valence-corrected chi connectivity index (χ2v) is 8.96. The largest absolute Gasteiger partial charge is 0.348 e. The Balaban J connectivity index is 0.00000289. The third-order valence-electron chi connectivity index (χ3n) is 6.00. The molecule has 2 N–H and O–H groups in total. The van der Waals surface area contributed by atoms with Crippen LogP contribution in [0.2, 0.25) is 5.02 Å². The van der Waals surface area contributed by atoms with Crippen LogP contribution in [0.5, 0.6) is 0 Å². The molecule has 0 aliphatic carbocycles. The molecule has 1 fully saturated rings. The fraction of sp³-hybridized carbons (Fsp3) is 0.375. The van der Waals surface area contributed by atoms with Crippen LogP contribution < -0.4 is 10.6 Å². The predicted octanol–water partition coefficient (Wildman–Crippen LogP) is 4.39. The summed E-state index contributed by atoms with van der Waals surface area (Å²) in [6, 6.07) is 15.5. The molecule has 1 saturated heterocycles. The van der Waals surface area contributed by atoms with Crippen molar-refractivity contribution in [3.8, 4) is 11.3 Å². The molecule has 2 heterocycles. The molecule has 0 saturated carbocycles. The Morgan fingerprint density at radius 2 is 1.72 bits per heavy atom. The second kappa shape index (κ2) is 10.0. The first-order valence-corrected chi connectivity index (χ1v) is 11.1. The minimum atomic E-state index is -0.460. The SMILES string of the molecule is CC(C)[C@H](N)C(=O)N1CCN(c2nnc(-c3ccc(Cl)cc3)c3ccccc23)[C@@H](C)C1.Cl. The highest BCUT2D eigenvalue weighted by Crippen LogP contribution is 2.33. The normalized spacial score (nSPS) is 17.4. The van der Waals surface area contributed by atoms with Crippen LogP contribution in [0.15, 0.2) is 48.5 Å². The third kappa shape index (κ3) is 4.68. The molecule has 32 heavy (non-hydrogen) atoms. The van der Waals surface area contributed by atoms with Crippen LogP contribution in [-0.2, 0) is 4.79 Å². The fourth-order valence-corrected chi connectivity index (χ4v) is 4.22. The monoisotopic (exact) mass is 473 g/mol. The van der Waals surface area contributed by atoms with Gasteiger partial charge in [-0.3, -0.25) is 4.79 Å². The lowest BCUT2D eigenvalue weighted by atomic mass is 10.0. The quantitative estimate of drug-likeness (QED) is 0.607. The van der Waals surface area contributed by atoms with Gasteiger partial charge in [0.2, 0.25) is 5.91 Å². The van der Waals surface area contributed by atoms with Gasteiger partial charge in [0.25, 0.3) is 0 Å². The summed E-state index contributed by atoms with van der Waals surface area (Å²) in [5, 5.41) is 12.0. The number of aromatic nitrogens is 2. The molecular formula is C24H29Cl2N5O. The van der Waals surface area contributed by atoms with E-state index >= 15 is 0 Å². The van der Waals surface area contributed by atoms with Crippen LogP contribution in [0.1, 0.15) is 20.8 Å². The van der Waals surface area contributed by atoms with Gasteiger partial charge in [-0.1, -0.05) is 61.8 Å². The van der Waals surface area contributed by atoms with E-state index in [9.17, 15) is 4.79 Å². The summed E-state index contributed by atoms with van der Waals surface area (Å²) in [5.41, 5.74) is 7.91. The third-order valence-corrected chi connectivity index (χ3v) is 6.25. The van der Waals surface area contributed by atoms with E-state index in [1.165, 1.54) is 0 Å². The first kappa shape index (κ1) is 24.2. The molecule has 2 aromatic carbocycles. The Bertz CT molecular complexity index is 1090. The van der Waals surface area contributed by atoms with Crippen molar-refractivity contribution in [1.29, 1.82) is 0 Å². The zero-order chi connectivity index (χ0) is 22.1. The zero-order valence-corrected chi connectivity index (χ0v) is 20.1. The predicted molar refractivity (Wildman–Crippen MR) is 133 cm³/mol. The highest BCUT2D eigenvalue weighted by atomic mass is 35.5. The Hall–Kier alpha value is -2.41. The lowest BCUT2D eigenvalue weighted by Gasteiger charge is -2.41. The number of nitrogens with two attached hydrogens (primary N) is 1. The number of halogens is 2. The van der Waals surface area contributed by atoms with Crippen molar-refractivity contribution in [3.63, 3.8) is 0 Å². The summed E-state index contributed by atoms with van der Waals surface area (Å²) in [5.74, 6) is 0.993. The van der Waals surface area contributed by atoms with Gasteiger partial charge in [-0.15, -0.1) is 22.6 Å². The molecule has 1 aliphatic heterocycles. The van der Waals surface area contributed by atoms with Crippen molar-refractivity contribution in [2.24, 2.45) is 11.7 Å². The van der Waals surface area contributed by atoms with Gasteiger partial charge < -0.3 is 15.5 Å². The standard InChI is InChI=1S/C24H28ClN5O.ClH/c1-15(2)21(26)24(31)29-12-13-30(16(3)14-29)23-20-7-5-4-6-19(20)22(27-28-23)17-8-10-18(25)11-9-17;/h4-11,15-16,21H,12-14,26H2,1-3H3;1H/t16-,21-;/m0./s1. The van der Waals surface area contributed by atoms with Gasteiger partial charge in [0.15, 0.2) is 5.82 Å². The average molecular weight is 474 g/mol. The van der Waals surface area contributed by atoms with Crippen molar-refractivity contribution in [2.45, 2.75) is 32.9 Å². The molecule has 3 aromatic rings. The lowest BCUT2D eigenvalue weighted by molar-refractivity contribution is -0.134. The van der Waals surface area contributed by atoms with Gasteiger partial charge in [0.1, 0.15) is 5.69 Å². The van der Waals surface area contributed by atoms with Crippen LogP contribution in [0.3, 0.4) is 0 Å². The summed E-state index contributed by atoms with van der Waals surface area (Å²) in [7, 11) is 0. The van der Waals surface area contributed by atoms with Crippen LogP contribution >= 0.6 is 24.0 Å². The molecule has 1 aromatic heterocycles. The molecule has 1 aliphatic rings. The molecule has 4 rings (SSSR count). The molecule has 0 radical (unpaired) electrons. The number of nitrogens with zero attached hydrogens (tertiary/aromatic N) is 4. The van der Waals surface area contributed by atoms with Crippen molar-refractivity contribution in [3.05, 3.63) is 53.6 Å². The molecule has 8 heteroatoms. The number of rotatable bonds is 4. The van der Waals surface area contributed by atoms with E-state index in [0.29, 0.717) is 24.7 Å². The Labute approximate surface area is 200 Å². The number of carbonyl (C=O) groups is 1. The molecule has 0 unspecified atom stereocenters. The summed E-state index contributed by atoms with van der Waals surface area (Å²) in [6.45, 7) is 8.01. The molecule has 1 amide bonds. The summed E-state index contributed by atoms with van der Waals surface area (Å²) in [4.78, 5) is 16.8. The van der Waals surface area contributed by atoms with Gasteiger partial charge in [-0.2, -0.15) is 0 Å². The maximum Gasteiger partial charge on any atom is 0.239 e. The Kier molecular flexibility index (Phi) is 7.59. The molecule has 0 bridgehead atoms. The maximum absolute atomic E-state index is 12.7. The van der Waals surface area contributed by atoms with Gasteiger partial charge in [-0.05, 0) is 25.0 Å². The lowest BCUT2D eigenvalue weighted by Crippen LogP contribution is -2.57. The minimum Gasteiger partial charge on any atom is -0.348 e. The van der Waals surface area contributed by atoms with Crippen molar-refractivity contribution < 1.29 is 4.79 Å². The summed E-state index contributed by atoms with van der Waals surface area (Å²) >= 11 is 6.05. The van der Waals surface area contributed by atoms with Crippen molar-refractivity contribution in [2.75, 3.05) is 24.5 Å². The molecule has 6 nitrogen and oxygen atoms in total. The Morgan fingerprint density at radius 1 is 1.06 bits per heavy atom. The number of piperazine rings is 1. The second-order valence-electron chi connectivity index (χ2n) is 8.52. The zero-order valence-electron chi connectivity index (χ0n) is 18.5. The van der Waals surface area contributed by atoms with Crippen LogP contribution in [0, 0.1) is 5.92 Å². The van der Waals surface area contributed by atoms with Crippen LogP contribution in [0.4, 0.5) is 5.82 Å². The molecule has 0 spiro atoms.